The lowest BCUT2D eigenvalue weighted by atomic mass is 10.2. The van der Waals surface area contributed by atoms with Crippen molar-refractivity contribution in [1.82, 2.24) is 0 Å². The van der Waals surface area contributed by atoms with Crippen LogP contribution in [0.2, 0.25) is 0 Å². The highest BCUT2D eigenvalue weighted by atomic mass is 35.5. The lowest BCUT2D eigenvalue weighted by Crippen LogP contribution is -2.36. The normalized spacial score (nSPS) is 12.1. The van der Waals surface area contributed by atoms with Gasteiger partial charge in [-0.2, -0.15) is 0 Å². The summed E-state index contributed by atoms with van der Waals surface area (Å²) in [4.78, 5) is 11.0. The van der Waals surface area contributed by atoms with Gasteiger partial charge in [0, 0.05) is 7.11 Å². The van der Waals surface area contributed by atoms with Crippen molar-refractivity contribution in [1.29, 1.82) is 0 Å². The lowest BCUT2D eigenvalue weighted by molar-refractivity contribution is -0.147. The average Bonchev–Trinajstić information content (AvgIpc) is 2.00. The molecule has 0 saturated carbocycles. The number of hydrogen-bond donors (Lipinski definition) is 1. The van der Waals surface area contributed by atoms with Crippen molar-refractivity contribution in [3.05, 3.63) is 0 Å². The summed E-state index contributed by atoms with van der Waals surface area (Å²) in [6, 6.07) is -0.659. The van der Waals surface area contributed by atoms with Crippen LogP contribution in [-0.4, -0.2) is 32.3 Å². The van der Waals surface area contributed by atoms with Gasteiger partial charge in [0.1, 0.15) is 6.04 Å². The van der Waals surface area contributed by atoms with E-state index in [1.807, 2.05) is 13.8 Å². The van der Waals surface area contributed by atoms with Crippen LogP contribution in [0.25, 0.3) is 0 Å². The summed E-state index contributed by atoms with van der Waals surface area (Å²) in [6.45, 7) is 4.55. The summed E-state index contributed by atoms with van der Waals surface area (Å²) in [5, 5.41) is 0. The van der Waals surface area contributed by atoms with E-state index in [-0.39, 0.29) is 19.0 Å². The molecule has 5 heteroatoms. The molecule has 0 aromatic carbocycles. The molecule has 1 atom stereocenters. The van der Waals surface area contributed by atoms with E-state index in [1.165, 1.54) is 7.11 Å². The molecule has 0 amide bonds. The maximum atomic E-state index is 11.0. The van der Waals surface area contributed by atoms with Crippen LogP contribution in [0.5, 0.6) is 0 Å². The number of hydrogen-bond acceptors (Lipinski definition) is 4. The fourth-order valence-electron chi connectivity index (χ4n) is 0.603. The second-order valence-electron chi connectivity index (χ2n) is 3.09. The van der Waals surface area contributed by atoms with E-state index in [1.54, 1.807) is 0 Å². The van der Waals surface area contributed by atoms with Crippen molar-refractivity contribution in [3.8, 4) is 0 Å². The van der Waals surface area contributed by atoms with Crippen LogP contribution >= 0.6 is 12.4 Å². The first-order chi connectivity index (χ1) is 5.57. The molecule has 0 aromatic heterocycles. The smallest absolute Gasteiger partial charge is 0.325 e. The Bertz CT molecular complexity index is 141. The lowest BCUT2D eigenvalue weighted by Gasteiger charge is -2.11. The minimum absolute atomic E-state index is 0. The quantitative estimate of drug-likeness (QED) is 0.676. The Labute approximate surface area is 85.2 Å². The topological polar surface area (TPSA) is 61.5 Å². The molecule has 0 aromatic rings. The van der Waals surface area contributed by atoms with Gasteiger partial charge >= 0.3 is 5.97 Å². The van der Waals surface area contributed by atoms with Gasteiger partial charge in [0.15, 0.2) is 0 Å². The van der Waals surface area contributed by atoms with Crippen LogP contribution in [0.4, 0.5) is 0 Å². The van der Waals surface area contributed by atoms with E-state index in [4.69, 9.17) is 15.2 Å². The number of halogens is 1. The zero-order chi connectivity index (χ0) is 9.56. The Morgan fingerprint density at radius 3 is 2.31 bits per heavy atom. The number of carbonyl (C=O) groups is 1. The molecule has 0 aliphatic heterocycles. The molecule has 0 bridgehead atoms. The van der Waals surface area contributed by atoms with Gasteiger partial charge < -0.3 is 15.2 Å². The minimum atomic E-state index is -0.659. The monoisotopic (exact) mass is 211 g/mol. The SMILES string of the molecule is COC[C@H](N)C(=O)OCC(C)C.Cl. The highest BCUT2D eigenvalue weighted by Crippen LogP contribution is 1.94. The van der Waals surface area contributed by atoms with E-state index >= 15 is 0 Å². The zero-order valence-corrected chi connectivity index (χ0v) is 9.10. The second-order valence-corrected chi connectivity index (χ2v) is 3.09. The first-order valence-electron chi connectivity index (χ1n) is 3.99. The molecule has 0 aliphatic carbocycles. The first-order valence-corrected chi connectivity index (χ1v) is 3.99. The van der Waals surface area contributed by atoms with Crippen LogP contribution in [-0.2, 0) is 14.3 Å². The summed E-state index contributed by atoms with van der Waals surface area (Å²) >= 11 is 0. The minimum Gasteiger partial charge on any atom is -0.464 e. The Morgan fingerprint density at radius 1 is 1.38 bits per heavy atom. The molecule has 80 valence electrons. The van der Waals surface area contributed by atoms with Gasteiger partial charge in [-0.3, -0.25) is 4.79 Å². The van der Waals surface area contributed by atoms with Gasteiger partial charge in [0.25, 0.3) is 0 Å². The van der Waals surface area contributed by atoms with E-state index in [9.17, 15) is 4.79 Å². The molecule has 0 fully saturated rings. The number of carbonyl (C=O) groups excluding carboxylic acids is 1. The maximum Gasteiger partial charge on any atom is 0.325 e. The Hall–Kier alpha value is -0.320. The van der Waals surface area contributed by atoms with Crippen molar-refractivity contribution in [2.75, 3.05) is 20.3 Å². The van der Waals surface area contributed by atoms with Gasteiger partial charge in [0.05, 0.1) is 13.2 Å². The van der Waals surface area contributed by atoms with Gasteiger partial charge in [-0.05, 0) is 5.92 Å². The van der Waals surface area contributed by atoms with Crippen molar-refractivity contribution in [3.63, 3.8) is 0 Å². The molecular weight excluding hydrogens is 194 g/mol. The third-order valence-electron chi connectivity index (χ3n) is 1.21. The molecule has 0 spiro atoms. The predicted molar refractivity (Wildman–Crippen MR) is 52.9 cm³/mol. The van der Waals surface area contributed by atoms with E-state index < -0.39 is 12.0 Å². The first kappa shape index (κ1) is 15.2. The Morgan fingerprint density at radius 2 is 1.92 bits per heavy atom. The number of methoxy groups -OCH3 is 1. The van der Waals surface area contributed by atoms with Crippen LogP contribution in [0.15, 0.2) is 0 Å². The fourth-order valence-corrected chi connectivity index (χ4v) is 0.603. The summed E-state index contributed by atoms with van der Waals surface area (Å²) in [6.07, 6.45) is 0. The molecule has 0 rings (SSSR count). The third-order valence-corrected chi connectivity index (χ3v) is 1.21. The van der Waals surface area contributed by atoms with E-state index in [0.29, 0.717) is 12.5 Å². The van der Waals surface area contributed by atoms with Crippen LogP contribution in [0.3, 0.4) is 0 Å². The van der Waals surface area contributed by atoms with Crippen molar-refractivity contribution in [2.45, 2.75) is 19.9 Å². The average molecular weight is 212 g/mol. The summed E-state index contributed by atoms with van der Waals surface area (Å²) in [7, 11) is 1.50. The second kappa shape index (κ2) is 8.29. The van der Waals surface area contributed by atoms with Gasteiger partial charge in [0.2, 0.25) is 0 Å². The molecule has 0 heterocycles. The number of rotatable bonds is 5. The molecular formula is C8H18ClNO3. The molecule has 0 saturated heterocycles. The maximum absolute atomic E-state index is 11.0. The van der Waals surface area contributed by atoms with Crippen LogP contribution < -0.4 is 5.73 Å². The fraction of sp³-hybridized carbons (Fsp3) is 0.875. The molecule has 0 unspecified atom stereocenters. The Balaban J connectivity index is 0. The third kappa shape index (κ3) is 8.02. The summed E-state index contributed by atoms with van der Waals surface area (Å²) in [5.41, 5.74) is 5.41. The highest BCUT2D eigenvalue weighted by Gasteiger charge is 2.14. The molecule has 13 heavy (non-hydrogen) atoms. The van der Waals surface area contributed by atoms with Gasteiger partial charge in [-0.15, -0.1) is 12.4 Å². The van der Waals surface area contributed by atoms with Crippen molar-refractivity contribution in [2.24, 2.45) is 11.7 Å². The van der Waals surface area contributed by atoms with Gasteiger partial charge in [-0.25, -0.2) is 0 Å². The van der Waals surface area contributed by atoms with Gasteiger partial charge in [-0.1, -0.05) is 13.8 Å². The number of esters is 1. The van der Waals surface area contributed by atoms with E-state index in [0.717, 1.165) is 0 Å². The largest absolute Gasteiger partial charge is 0.464 e. The molecule has 2 N–H and O–H groups in total. The summed E-state index contributed by atoms with van der Waals surface area (Å²) < 4.78 is 9.58. The van der Waals surface area contributed by atoms with Crippen molar-refractivity contribution >= 4 is 18.4 Å². The number of ether oxygens (including phenoxy) is 2. The van der Waals surface area contributed by atoms with Crippen LogP contribution in [0, 0.1) is 5.92 Å². The molecule has 0 radical (unpaired) electrons. The Kier molecular flexibility index (Phi) is 9.67. The zero-order valence-electron chi connectivity index (χ0n) is 8.28. The predicted octanol–water partition coefficient (Wildman–Crippen LogP) is 0.581. The molecule has 0 aliphatic rings. The van der Waals surface area contributed by atoms with E-state index in [2.05, 4.69) is 0 Å². The number of nitrogens with two attached hydrogens (primary N) is 1. The molecule has 4 nitrogen and oxygen atoms in total. The standard InChI is InChI=1S/C8H17NO3.ClH/c1-6(2)4-12-8(10)7(9)5-11-3;/h6-7H,4-5,9H2,1-3H3;1H/t7-;/m0./s1. The highest BCUT2D eigenvalue weighted by molar-refractivity contribution is 5.85. The van der Waals surface area contributed by atoms with Crippen molar-refractivity contribution < 1.29 is 14.3 Å². The van der Waals surface area contributed by atoms with Crippen LogP contribution in [0.1, 0.15) is 13.8 Å². The summed E-state index contributed by atoms with van der Waals surface area (Å²) in [5.74, 6) is -0.0609.